The number of nitrogens with zero attached hydrogens (tertiary/aromatic N) is 4. The zero-order valence-corrected chi connectivity index (χ0v) is 14.3. The fraction of sp³-hybridized carbons (Fsp3) is 0.167. The molecular formula is C18H16N4O2S. The molecule has 0 bridgehead atoms. The molecule has 3 aromatic rings. The number of hydrogen-bond donors (Lipinski definition) is 1. The van der Waals surface area contributed by atoms with Gasteiger partial charge in [0.15, 0.2) is 5.82 Å². The van der Waals surface area contributed by atoms with E-state index in [1.54, 1.807) is 37.5 Å². The van der Waals surface area contributed by atoms with Crippen molar-refractivity contribution >= 4 is 23.3 Å². The standard InChI is InChI=1S/C18H16N4O2S/c1-24-11-22-14-10-12(16(23)13-4-2-3-7-19-13)5-6-15(14)25-18-17(22)20-8-9-21-18/h2-10,16,23H,11H2,1H3. The van der Waals surface area contributed by atoms with Gasteiger partial charge in [0, 0.05) is 30.6 Å². The van der Waals surface area contributed by atoms with Gasteiger partial charge in [-0.1, -0.05) is 23.9 Å². The van der Waals surface area contributed by atoms with E-state index in [1.807, 2.05) is 41.3 Å². The fourth-order valence-corrected chi connectivity index (χ4v) is 3.75. The first-order valence-corrected chi connectivity index (χ1v) is 8.58. The lowest BCUT2D eigenvalue weighted by Crippen LogP contribution is -2.24. The largest absolute Gasteiger partial charge is 0.382 e. The molecule has 1 aliphatic heterocycles. The summed E-state index contributed by atoms with van der Waals surface area (Å²) in [6.45, 7) is 0.350. The molecule has 25 heavy (non-hydrogen) atoms. The van der Waals surface area contributed by atoms with E-state index in [9.17, 15) is 5.11 Å². The van der Waals surface area contributed by atoms with E-state index in [4.69, 9.17) is 4.74 Å². The number of ether oxygens (including phenoxy) is 1. The van der Waals surface area contributed by atoms with Crippen molar-refractivity contribution in [2.75, 3.05) is 18.7 Å². The van der Waals surface area contributed by atoms with Crippen LogP contribution in [-0.2, 0) is 4.74 Å². The van der Waals surface area contributed by atoms with Crippen LogP contribution < -0.4 is 4.90 Å². The first-order valence-electron chi connectivity index (χ1n) is 7.76. The molecule has 0 aliphatic carbocycles. The van der Waals surface area contributed by atoms with Crippen molar-refractivity contribution in [1.82, 2.24) is 15.0 Å². The number of benzene rings is 1. The first-order chi connectivity index (χ1) is 12.3. The lowest BCUT2D eigenvalue weighted by molar-refractivity contribution is 0.204. The van der Waals surface area contributed by atoms with Crippen molar-refractivity contribution in [3.05, 3.63) is 66.2 Å². The maximum absolute atomic E-state index is 10.7. The van der Waals surface area contributed by atoms with E-state index in [1.165, 1.54) is 0 Å². The Labute approximate surface area is 149 Å². The van der Waals surface area contributed by atoms with Crippen LogP contribution in [0.4, 0.5) is 11.5 Å². The van der Waals surface area contributed by atoms with Crippen LogP contribution >= 0.6 is 11.8 Å². The number of pyridine rings is 1. The number of methoxy groups -OCH3 is 1. The fourth-order valence-electron chi connectivity index (χ4n) is 2.76. The first kappa shape index (κ1) is 16.0. The minimum atomic E-state index is -0.788. The summed E-state index contributed by atoms with van der Waals surface area (Å²) >= 11 is 1.56. The molecule has 1 N–H and O–H groups in total. The van der Waals surface area contributed by atoms with Crippen molar-refractivity contribution in [2.24, 2.45) is 0 Å². The van der Waals surface area contributed by atoms with E-state index in [0.29, 0.717) is 12.4 Å². The van der Waals surface area contributed by atoms with Crippen LogP contribution in [-0.4, -0.2) is 33.9 Å². The predicted octanol–water partition coefficient (Wildman–Crippen LogP) is 3.16. The zero-order chi connectivity index (χ0) is 17.2. The van der Waals surface area contributed by atoms with E-state index in [0.717, 1.165) is 27.0 Å². The molecule has 7 heteroatoms. The topological polar surface area (TPSA) is 71.4 Å². The molecule has 0 fully saturated rings. The third-order valence-electron chi connectivity index (χ3n) is 3.92. The maximum Gasteiger partial charge on any atom is 0.168 e. The Balaban J connectivity index is 1.76. The third kappa shape index (κ3) is 2.97. The van der Waals surface area contributed by atoms with Crippen molar-refractivity contribution in [3.63, 3.8) is 0 Å². The number of aliphatic hydroxyl groups is 1. The molecule has 1 atom stereocenters. The van der Waals surface area contributed by atoms with Gasteiger partial charge in [0.05, 0.1) is 11.4 Å². The Bertz CT molecular complexity index is 891. The molecule has 6 nitrogen and oxygen atoms in total. The highest BCUT2D eigenvalue weighted by Crippen LogP contribution is 2.46. The minimum Gasteiger partial charge on any atom is -0.382 e. The SMILES string of the molecule is COCN1c2cc(C(O)c3ccccn3)ccc2Sc2nccnc21. The highest BCUT2D eigenvalue weighted by molar-refractivity contribution is 7.99. The average Bonchev–Trinajstić information content (AvgIpc) is 2.68. The van der Waals surface area contributed by atoms with Crippen LogP contribution in [0.1, 0.15) is 17.4 Å². The van der Waals surface area contributed by atoms with Crippen LogP contribution in [0, 0.1) is 0 Å². The Hall–Kier alpha value is -2.48. The number of aliphatic hydroxyl groups excluding tert-OH is 1. The third-order valence-corrected chi connectivity index (χ3v) is 4.97. The molecule has 126 valence electrons. The van der Waals surface area contributed by atoms with Crippen LogP contribution in [0.25, 0.3) is 0 Å². The van der Waals surface area contributed by atoms with E-state index < -0.39 is 6.10 Å². The highest BCUT2D eigenvalue weighted by atomic mass is 32.2. The average molecular weight is 352 g/mol. The summed E-state index contributed by atoms with van der Waals surface area (Å²) in [4.78, 5) is 16.1. The summed E-state index contributed by atoms with van der Waals surface area (Å²) in [7, 11) is 1.64. The van der Waals surface area contributed by atoms with Gasteiger partial charge in [0.1, 0.15) is 17.9 Å². The van der Waals surface area contributed by atoms with Gasteiger partial charge < -0.3 is 9.84 Å². The van der Waals surface area contributed by atoms with Gasteiger partial charge in [-0.25, -0.2) is 9.97 Å². The lowest BCUT2D eigenvalue weighted by atomic mass is 10.0. The zero-order valence-electron chi connectivity index (χ0n) is 13.5. The van der Waals surface area contributed by atoms with Crippen LogP contribution in [0.15, 0.2) is 64.9 Å². The van der Waals surface area contributed by atoms with Crippen LogP contribution in [0.3, 0.4) is 0 Å². The quantitative estimate of drug-likeness (QED) is 0.773. The van der Waals surface area contributed by atoms with Gasteiger partial charge >= 0.3 is 0 Å². The van der Waals surface area contributed by atoms with Gasteiger partial charge in [-0.15, -0.1) is 0 Å². The molecule has 3 heterocycles. The normalized spacial score (nSPS) is 13.9. The summed E-state index contributed by atoms with van der Waals surface area (Å²) in [5.74, 6) is 0.756. The second kappa shape index (κ2) is 6.79. The van der Waals surface area contributed by atoms with E-state index in [2.05, 4.69) is 15.0 Å². The van der Waals surface area contributed by atoms with Gasteiger partial charge in [-0.2, -0.15) is 0 Å². The molecule has 0 spiro atoms. The molecule has 1 aromatic carbocycles. The smallest absolute Gasteiger partial charge is 0.168 e. The molecule has 0 amide bonds. The summed E-state index contributed by atoms with van der Waals surface area (Å²) in [5, 5.41) is 11.5. The minimum absolute atomic E-state index is 0.350. The Morgan fingerprint density at radius 1 is 1.12 bits per heavy atom. The molecule has 0 radical (unpaired) electrons. The monoisotopic (exact) mass is 352 g/mol. The lowest BCUT2D eigenvalue weighted by Gasteiger charge is -2.30. The molecule has 2 aromatic heterocycles. The number of hydrogen-bond acceptors (Lipinski definition) is 7. The molecule has 0 saturated carbocycles. The second-order valence-corrected chi connectivity index (χ2v) is 6.55. The number of rotatable bonds is 4. The van der Waals surface area contributed by atoms with Crippen molar-refractivity contribution < 1.29 is 9.84 Å². The Morgan fingerprint density at radius 2 is 2.00 bits per heavy atom. The van der Waals surface area contributed by atoms with Gasteiger partial charge in [-0.3, -0.25) is 9.88 Å². The second-order valence-electron chi connectivity index (χ2n) is 5.52. The van der Waals surface area contributed by atoms with Crippen molar-refractivity contribution in [2.45, 2.75) is 16.0 Å². The number of fused-ring (bicyclic) bond motifs is 2. The maximum atomic E-state index is 10.7. The molecule has 1 unspecified atom stereocenters. The summed E-state index contributed by atoms with van der Waals surface area (Å²) in [6, 6.07) is 11.4. The van der Waals surface area contributed by atoms with Crippen molar-refractivity contribution in [1.29, 1.82) is 0 Å². The number of aromatic nitrogens is 3. The molecule has 4 rings (SSSR count). The number of anilines is 2. The highest BCUT2D eigenvalue weighted by Gasteiger charge is 2.26. The van der Waals surface area contributed by atoms with Crippen LogP contribution in [0.5, 0.6) is 0 Å². The van der Waals surface area contributed by atoms with E-state index >= 15 is 0 Å². The Kier molecular flexibility index (Phi) is 4.35. The molecule has 0 saturated heterocycles. The van der Waals surface area contributed by atoms with Gasteiger partial charge in [0.2, 0.25) is 0 Å². The molecular weight excluding hydrogens is 336 g/mol. The Morgan fingerprint density at radius 3 is 2.80 bits per heavy atom. The molecule has 1 aliphatic rings. The van der Waals surface area contributed by atoms with Gasteiger partial charge in [-0.05, 0) is 29.8 Å². The summed E-state index contributed by atoms with van der Waals surface area (Å²) in [5.41, 5.74) is 2.32. The van der Waals surface area contributed by atoms with Gasteiger partial charge in [0.25, 0.3) is 0 Å². The summed E-state index contributed by atoms with van der Waals surface area (Å²) < 4.78 is 5.35. The van der Waals surface area contributed by atoms with E-state index in [-0.39, 0.29) is 0 Å². The van der Waals surface area contributed by atoms with Crippen LogP contribution in [0.2, 0.25) is 0 Å². The predicted molar refractivity (Wildman–Crippen MR) is 94.9 cm³/mol. The van der Waals surface area contributed by atoms with Crippen molar-refractivity contribution in [3.8, 4) is 0 Å². The summed E-state index contributed by atoms with van der Waals surface area (Å²) in [6.07, 6.45) is 4.24.